The van der Waals surface area contributed by atoms with Gasteiger partial charge in [0.25, 0.3) is 0 Å². The summed E-state index contributed by atoms with van der Waals surface area (Å²) < 4.78 is 0. The van der Waals surface area contributed by atoms with E-state index in [1.807, 2.05) is 19.1 Å². The molecule has 1 saturated carbocycles. The van der Waals surface area contributed by atoms with Gasteiger partial charge in [0.1, 0.15) is 0 Å². The van der Waals surface area contributed by atoms with Crippen LogP contribution in [0.1, 0.15) is 30.9 Å². The van der Waals surface area contributed by atoms with Gasteiger partial charge < -0.3 is 10.4 Å². The highest BCUT2D eigenvalue weighted by Crippen LogP contribution is 2.31. The van der Waals surface area contributed by atoms with Crippen molar-refractivity contribution in [3.63, 3.8) is 0 Å². The fourth-order valence-corrected chi connectivity index (χ4v) is 1.88. The van der Waals surface area contributed by atoms with Crippen LogP contribution in [-0.2, 0) is 16.0 Å². The maximum atomic E-state index is 11.7. The second-order valence-corrected chi connectivity index (χ2v) is 4.71. The van der Waals surface area contributed by atoms with E-state index in [2.05, 4.69) is 5.32 Å². The summed E-state index contributed by atoms with van der Waals surface area (Å²) in [7, 11) is 0. The molecule has 4 nitrogen and oxygen atoms in total. The zero-order chi connectivity index (χ0) is 13.8. The van der Waals surface area contributed by atoms with Gasteiger partial charge in [-0.05, 0) is 48.6 Å². The van der Waals surface area contributed by atoms with Crippen LogP contribution in [0.2, 0.25) is 0 Å². The fraction of sp³-hybridized carbons (Fsp3) is 0.333. The number of hydrogen-bond donors (Lipinski definition) is 2. The van der Waals surface area contributed by atoms with Crippen LogP contribution in [0.5, 0.6) is 0 Å². The van der Waals surface area contributed by atoms with Crippen LogP contribution in [0.4, 0.5) is 5.69 Å². The normalized spacial score (nSPS) is 14.6. The summed E-state index contributed by atoms with van der Waals surface area (Å²) in [4.78, 5) is 22.2. The molecular formula is C15H17NO3. The SMILES string of the molecule is CCc1cc(/C=C/C(=O)O)ccc1NC(=O)C1CC1. The van der Waals surface area contributed by atoms with Crippen molar-refractivity contribution < 1.29 is 14.7 Å². The van der Waals surface area contributed by atoms with Gasteiger partial charge in [-0.1, -0.05) is 13.0 Å². The number of benzene rings is 1. The minimum absolute atomic E-state index is 0.0866. The molecule has 1 aromatic rings. The predicted molar refractivity (Wildman–Crippen MR) is 73.8 cm³/mol. The highest BCUT2D eigenvalue weighted by atomic mass is 16.4. The van der Waals surface area contributed by atoms with E-state index in [4.69, 9.17) is 5.11 Å². The van der Waals surface area contributed by atoms with Crippen molar-refractivity contribution in [1.29, 1.82) is 0 Å². The first kappa shape index (κ1) is 13.3. The first-order valence-corrected chi connectivity index (χ1v) is 6.45. The molecule has 0 heterocycles. The first-order valence-electron chi connectivity index (χ1n) is 6.45. The van der Waals surface area contributed by atoms with Gasteiger partial charge in [-0.2, -0.15) is 0 Å². The number of carbonyl (C=O) groups excluding carboxylic acids is 1. The van der Waals surface area contributed by atoms with Gasteiger partial charge in [0.05, 0.1) is 0 Å². The van der Waals surface area contributed by atoms with E-state index < -0.39 is 5.97 Å². The summed E-state index contributed by atoms with van der Waals surface area (Å²) in [5.41, 5.74) is 2.66. The highest BCUT2D eigenvalue weighted by Gasteiger charge is 2.29. The van der Waals surface area contributed by atoms with Gasteiger partial charge in [0.15, 0.2) is 0 Å². The Hall–Kier alpha value is -2.10. The largest absolute Gasteiger partial charge is 0.478 e. The Morgan fingerprint density at radius 2 is 2.16 bits per heavy atom. The van der Waals surface area contributed by atoms with Crippen LogP contribution in [-0.4, -0.2) is 17.0 Å². The Balaban J connectivity index is 2.15. The number of anilines is 1. The Bertz CT molecular complexity index is 530. The standard InChI is InChI=1S/C15H17NO3/c1-2-11-9-10(4-8-14(17)18)3-7-13(11)16-15(19)12-5-6-12/h3-4,7-9,12H,2,5-6H2,1H3,(H,16,19)(H,17,18)/b8-4+. The van der Waals surface area contributed by atoms with Gasteiger partial charge in [-0.15, -0.1) is 0 Å². The molecule has 0 bridgehead atoms. The third kappa shape index (κ3) is 3.68. The monoisotopic (exact) mass is 259 g/mol. The van der Waals surface area contributed by atoms with Crippen LogP contribution < -0.4 is 5.32 Å². The maximum Gasteiger partial charge on any atom is 0.328 e. The summed E-state index contributed by atoms with van der Waals surface area (Å²) in [6.45, 7) is 2.01. The van der Waals surface area contributed by atoms with Crippen molar-refractivity contribution in [3.8, 4) is 0 Å². The number of aryl methyl sites for hydroxylation is 1. The predicted octanol–water partition coefficient (Wildman–Crippen LogP) is 2.70. The number of carboxylic acid groups (broad SMARTS) is 1. The van der Waals surface area contributed by atoms with Crippen LogP contribution in [0.3, 0.4) is 0 Å². The van der Waals surface area contributed by atoms with Crippen molar-refractivity contribution in [3.05, 3.63) is 35.4 Å². The third-order valence-corrected chi connectivity index (χ3v) is 3.13. The Morgan fingerprint density at radius 3 is 2.74 bits per heavy atom. The lowest BCUT2D eigenvalue weighted by atomic mass is 10.1. The van der Waals surface area contributed by atoms with Crippen LogP contribution in [0.15, 0.2) is 24.3 Å². The highest BCUT2D eigenvalue weighted by molar-refractivity contribution is 5.95. The molecule has 0 atom stereocenters. The lowest BCUT2D eigenvalue weighted by Crippen LogP contribution is -2.14. The molecule has 0 radical (unpaired) electrons. The van der Waals surface area contributed by atoms with E-state index in [9.17, 15) is 9.59 Å². The molecule has 100 valence electrons. The second-order valence-electron chi connectivity index (χ2n) is 4.71. The molecule has 0 spiro atoms. The first-order chi connectivity index (χ1) is 9.10. The van der Waals surface area contributed by atoms with E-state index in [-0.39, 0.29) is 11.8 Å². The summed E-state index contributed by atoms with van der Waals surface area (Å²) in [6, 6.07) is 5.55. The van der Waals surface area contributed by atoms with Crippen molar-refractivity contribution in [1.82, 2.24) is 0 Å². The van der Waals surface area contributed by atoms with E-state index in [0.29, 0.717) is 0 Å². The van der Waals surface area contributed by atoms with Crippen molar-refractivity contribution in [2.75, 3.05) is 5.32 Å². The Morgan fingerprint density at radius 1 is 1.42 bits per heavy atom. The van der Waals surface area contributed by atoms with Crippen molar-refractivity contribution in [2.45, 2.75) is 26.2 Å². The molecule has 0 aromatic heterocycles. The average molecular weight is 259 g/mol. The molecule has 0 saturated heterocycles. The number of rotatable bonds is 5. The van der Waals surface area contributed by atoms with Crippen molar-refractivity contribution >= 4 is 23.6 Å². The van der Waals surface area contributed by atoms with Gasteiger partial charge in [0, 0.05) is 17.7 Å². The molecule has 4 heteroatoms. The van der Waals surface area contributed by atoms with Crippen molar-refractivity contribution in [2.24, 2.45) is 5.92 Å². The molecule has 19 heavy (non-hydrogen) atoms. The van der Waals surface area contributed by atoms with E-state index in [1.165, 1.54) is 0 Å². The van der Waals surface area contributed by atoms with E-state index in [1.54, 1.807) is 12.1 Å². The lowest BCUT2D eigenvalue weighted by molar-refractivity contribution is -0.131. The number of carbonyl (C=O) groups is 2. The molecular weight excluding hydrogens is 242 g/mol. The molecule has 0 unspecified atom stereocenters. The molecule has 1 amide bonds. The zero-order valence-electron chi connectivity index (χ0n) is 10.8. The molecule has 1 aromatic carbocycles. The van der Waals surface area contributed by atoms with Gasteiger partial charge in [-0.25, -0.2) is 4.79 Å². The van der Waals surface area contributed by atoms with Gasteiger partial charge >= 0.3 is 5.97 Å². The Labute approximate surface area is 112 Å². The lowest BCUT2D eigenvalue weighted by Gasteiger charge is -2.10. The van der Waals surface area contributed by atoms with Crippen LogP contribution in [0.25, 0.3) is 6.08 Å². The molecule has 2 N–H and O–H groups in total. The smallest absolute Gasteiger partial charge is 0.328 e. The topological polar surface area (TPSA) is 66.4 Å². The fourth-order valence-electron chi connectivity index (χ4n) is 1.88. The minimum atomic E-state index is -0.968. The van der Waals surface area contributed by atoms with Crippen LogP contribution >= 0.6 is 0 Å². The number of amides is 1. The maximum absolute atomic E-state index is 11.7. The number of nitrogens with one attached hydrogen (secondary N) is 1. The van der Waals surface area contributed by atoms with Crippen LogP contribution in [0, 0.1) is 5.92 Å². The minimum Gasteiger partial charge on any atom is -0.478 e. The molecule has 1 aliphatic rings. The second kappa shape index (κ2) is 5.69. The summed E-state index contributed by atoms with van der Waals surface area (Å²) in [6.07, 6.45) is 5.40. The molecule has 1 fully saturated rings. The van der Waals surface area contributed by atoms with E-state index in [0.717, 1.165) is 42.2 Å². The Kier molecular flexibility index (Phi) is 4.00. The summed E-state index contributed by atoms with van der Waals surface area (Å²) in [5, 5.41) is 11.5. The summed E-state index contributed by atoms with van der Waals surface area (Å²) in [5.74, 6) is -0.705. The van der Waals surface area contributed by atoms with E-state index >= 15 is 0 Å². The quantitative estimate of drug-likeness (QED) is 0.799. The molecule has 0 aliphatic heterocycles. The molecule has 2 rings (SSSR count). The average Bonchev–Trinajstić information content (AvgIpc) is 3.21. The number of carboxylic acids is 1. The number of hydrogen-bond acceptors (Lipinski definition) is 2. The third-order valence-electron chi connectivity index (χ3n) is 3.13. The van der Waals surface area contributed by atoms with Gasteiger partial charge in [-0.3, -0.25) is 4.79 Å². The zero-order valence-corrected chi connectivity index (χ0v) is 10.8. The van der Waals surface area contributed by atoms with Gasteiger partial charge in [0.2, 0.25) is 5.91 Å². The number of aliphatic carboxylic acids is 1. The summed E-state index contributed by atoms with van der Waals surface area (Å²) >= 11 is 0. The molecule has 1 aliphatic carbocycles.